The van der Waals surface area contributed by atoms with Crippen LogP contribution in [0.2, 0.25) is 0 Å². The summed E-state index contributed by atoms with van der Waals surface area (Å²) >= 11 is 0. The van der Waals surface area contributed by atoms with Gasteiger partial charge in [-0.05, 0) is 29.9 Å². The molecule has 1 nitrogen and oxygen atoms in total. The van der Waals surface area contributed by atoms with E-state index in [-0.39, 0.29) is 0 Å². The third-order valence-electron chi connectivity index (χ3n) is 3.61. The molecule has 1 aliphatic heterocycles. The normalized spacial score (nSPS) is 15.6. The molecule has 92 valence electrons. The molecule has 0 aliphatic carbocycles. The molecule has 0 radical (unpaired) electrons. The van der Waals surface area contributed by atoms with Gasteiger partial charge in [-0.3, -0.25) is 0 Å². The first-order valence-electron chi connectivity index (χ1n) is 6.68. The zero-order chi connectivity index (χ0) is 12.3. The van der Waals surface area contributed by atoms with Crippen molar-refractivity contribution < 1.29 is 0 Å². The number of allylic oxidation sites excluding steroid dienone is 1. The summed E-state index contributed by atoms with van der Waals surface area (Å²) in [5.74, 6) is 0.617. The molecular weight excluding hydrogens is 206 g/mol. The lowest BCUT2D eigenvalue weighted by molar-refractivity contribution is 0.418. The number of nitrogens with zero attached hydrogens (tertiary/aromatic N) is 1. The Balaban J connectivity index is 1.96. The van der Waals surface area contributed by atoms with Crippen LogP contribution in [0.1, 0.15) is 43.7 Å². The molecule has 1 saturated heterocycles. The van der Waals surface area contributed by atoms with Crippen LogP contribution < -0.4 is 0 Å². The smallest absolute Gasteiger partial charge is 0.0175 e. The predicted octanol–water partition coefficient (Wildman–Crippen LogP) is 3.96. The quantitative estimate of drug-likeness (QED) is 0.755. The van der Waals surface area contributed by atoms with E-state index in [1.165, 1.54) is 42.8 Å². The van der Waals surface area contributed by atoms with E-state index < -0.39 is 0 Å². The van der Waals surface area contributed by atoms with E-state index in [4.69, 9.17) is 0 Å². The van der Waals surface area contributed by atoms with Crippen molar-refractivity contribution in [3.8, 4) is 0 Å². The molecular formula is C16H23N. The second kappa shape index (κ2) is 5.39. The van der Waals surface area contributed by atoms with Crippen LogP contribution in [-0.4, -0.2) is 18.0 Å². The minimum absolute atomic E-state index is 0.617. The van der Waals surface area contributed by atoms with Crippen molar-refractivity contribution in [1.82, 2.24) is 4.90 Å². The molecule has 0 spiro atoms. The molecule has 1 fully saturated rings. The lowest BCUT2D eigenvalue weighted by atomic mass is 10.0. The summed E-state index contributed by atoms with van der Waals surface area (Å²) in [6, 6.07) is 8.99. The molecule has 17 heavy (non-hydrogen) atoms. The molecule has 1 aromatic carbocycles. The molecule has 1 aliphatic rings. The lowest BCUT2D eigenvalue weighted by Gasteiger charge is -2.20. The fourth-order valence-electron chi connectivity index (χ4n) is 2.40. The molecule has 0 atom stereocenters. The summed E-state index contributed by atoms with van der Waals surface area (Å²) in [6.07, 6.45) is 3.65. The maximum absolute atomic E-state index is 4.22. The minimum Gasteiger partial charge on any atom is -0.375 e. The highest BCUT2D eigenvalue weighted by Gasteiger charge is 2.13. The van der Waals surface area contributed by atoms with Crippen LogP contribution >= 0.6 is 0 Å². The standard InChI is InChI=1S/C16H23N/c1-13(2)16-8-6-15(7-9-16)12-14(3)17-10-4-5-11-17/h6-9,13H,3-5,10-12H2,1-2H3. The van der Waals surface area contributed by atoms with E-state index in [2.05, 4.69) is 49.6 Å². The monoisotopic (exact) mass is 229 g/mol. The third-order valence-corrected chi connectivity index (χ3v) is 3.61. The van der Waals surface area contributed by atoms with Crippen molar-refractivity contribution in [2.75, 3.05) is 13.1 Å². The van der Waals surface area contributed by atoms with E-state index in [1.54, 1.807) is 0 Å². The third kappa shape index (κ3) is 3.12. The summed E-state index contributed by atoms with van der Waals surface area (Å²) in [7, 11) is 0. The fourth-order valence-corrected chi connectivity index (χ4v) is 2.40. The van der Waals surface area contributed by atoms with Crippen LogP contribution in [-0.2, 0) is 6.42 Å². The summed E-state index contributed by atoms with van der Waals surface area (Å²) in [5, 5.41) is 0. The van der Waals surface area contributed by atoms with Gasteiger partial charge >= 0.3 is 0 Å². The highest BCUT2D eigenvalue weighted by Crippen LogP contribution is 2.19. The Morgan fingerprint density at radius 3 is 2.29 bits per heavy atom. The molecule has 0 N–H and O–H groups in total. The van der Waals surface area contributed by atoms with Crippen molar-refractivity contribution >= 4 is 0 Å². The first kappa shape index (κ1) is 12.2. The molecule has 2 rings (SSSR count). The van der Waals surface area contributed by atoms with Crippen LogP contribution in [0.5, 0.6) is 0 Å². The van der Waals surface area contributed by atoms with E-state index in [0.717, 1.165) is 6.42 Å². The maximum Gasteiger partial charge on any atom is 0.0175 e. The zero-order valence-corrected chi connectivity index (χ0v) is 11.1. The maximum atomic E-state index is 4.22. The van der Waals surface area contributed by atoms with Crippen LogP contribution in [0.3, 0.4) is 0 Å². The SMILES string of the molecule is C=C(Cc1ccc(C(C)C)cc1)N1CCCC1. The summed E-state index contributed by atoms with van der Waals surface area (Å²) in [6.45, 7) is 11.1. The largest absolute Gasteiger partial charge is 0.375 e. The summed E-state index contributed by atoms with van der Waals surface area (Å²) < 4.78 is 0. The van der Waals surface area contributed by atoms with Gasteiger partial charge in [0.25, 0.3) is 0 Å². The number of benzene rings is 1. The summed E-state index contributed by atoms with van der Waals surface area (Å²) in [4.78, 5) is 2.43. The summed E-state index contributed by atoms with van der Waals surface area (Å²) in [5.41, 5.74) is 4.08. The molecule has 0 saturated carbocycles. The van der Waals surface area contributed by atoms with Gasteiger partial charge in [0.1, 0.15) is 0 Å². The van der Waals surface area contributed by atoms with Crippen molar-refractivity contribution in [1.29, 1.82) is 0 Å². The Labute approximate surface area is 105 Å². The van der Waals surface area contributed by atoms with E-state index in [1.807, 2.05) is 0 Å². The Hall–Kier alpha value is -1.24. The van der Waals surface area contributed by atoms with Gasteiger partial charge in [0, 0.05) is 25.2 Å². The molecule has 1 heteroatoms. The Morgan fingerprint density at radius 2 is 1.76 bits per heavy atom. The number of likely N-dealkylation sites (tertiary alicyclic amines) is 1. The van der Waals surface area contributed by atoms with E-state index >= 15 is 0 Å². The van der Waals surface area contributed by atoms with Gasteiger partial charge in [-0.15, -0.1) is 0 Å². The van der Waals surface area contributed by atoms with Gasteiger partial charge in [-0.2, -0.15) is 0 Å². The second-order valence-electron chi connectivity index (χ2n) is 5.33. The van der Waals surface area contributed by atoms with Crippen molar-refractivity contribution in [3.05, 3.63) is 47.7 Å². The average molecular weight is 229 g/mol. The van der Waals surface area contributed by atoms with Crippen molar-refractivity contribution in [3.63, 3.8) is 0 Å². The van der Waals surface area contributed by atoms with Gasteiger partial charge in [0.05, 0.1) is 0 Å². The van der Waals surface area contributed by atoms with Crippen LogP contribution in [0.25, 0.3) is 0 Å². The van der Waals surface area contributed by atoms with Gasteiger partial charge < -0.3 is 4.90 Å². The number of rotatable bonds is 4. The average Bonchev–Trinajstić information content (AvgIpc) is 2.83. The van der Waals surface area contributed by atoms with E-state index in [9.17, 15) is 0 Å². The number of hydrogen-bond acceptors (Lipinski definition) is 1. The fraction of sp³-hybridized carbons (Fsp3) is 0.500. The first-order chi connectivity index (χ1) is 8.16. The van der Waals surface area contributed by atoms with Gasteiger partial charge in [0.2, 0.25) is 0 Å². The van der Waals surface area contributed by atoms with Crippen LogP contribution in [0, 0.1) is 0 Å². The molecule has 1 aromatic rings. The first-order valence-corrected chi connectivity index (χ1v) is 6.68. The van der Waals surface area contributed by atoms with E-state index in [0.29, 0.717) is 5.92 Å². The Kier molecular flexibility index (Phi) is 3.88. The highest BCUT2D eigenvalue weighted by atomic mass is 15.1. The second-order valence-corrected chi connectivity index (χ2v) is 5.33. The molecule has 0 bridgehead atoms. The van der Waals surface area contributed by atoms with Gasteiger partial charge in [0.15, 0.2) is 0 Å². The Bertz CT molecular complexity index is 369. The molecule has 1 heterocycles. The molecule has 0 aromatic heterocycles. The molecule has 0 unspecified atom stereocenters. The van der Waals surface area contributed by atoms with Crippen LogP contribution in [0.15, 0.2) is 36.5 Å². The number of hydrogen-bond donors (Lipinski definition) is 0. The molecule has 0 amide bonds. The van der Waals surface area contributed by atoms with Crippen molar-refractivity contribution in [2.45, 2.75) is 39.0 Å². The topological polar surface area (TPSA) is 3.24 Å². The van der Waals surface area contributed by atoms with Gasteiger partial charge in [-0.1, -0.05) is 44.7 Å². The lowest BCUT2D eigenvalue weighted by Crippen LogP contribution is -2.19. The van der Waals surface area contributed by atoms with Crippen molar-refractivity contribution in [2.24, 2.45) is 0 Å². The Morgan fingerprint density at radius 1 is 1.18 bits per heavy atom. The highest BCUT2D eigenvalue weighted by molar-refractivity contribution is 5.27. The zero-order valence-electron chi connectivity index (χ0n) is 11.1. The predicted molar refractivity (Wildman–Crippen MR) is 74.2 cm³/mol. The van der Waals surface area contributed by atoms with Crippen LogP contribution in [0.4, 0.5) is 0 Å². The van der Waals surface area contributed by atoms with Gasteiger partial charge in [-0.25, -0.2) is 0 Å². The minimum atomic E-state index is 0.617.